The number of hydrogen-bond acceptors (Lipinski definition) is 6. The Morgan fingerprint density at radius 2 is 1.10 bits per heavy atom. The molecule has 0 bridgehead atoms. The normalized spacial score (nSPS) is 13.4. The minimum Gasteiger partial charge on any atom is -0.477 e. The van der Waals surface area contributed by atoms with Crippen molar-refractivity contribution >= 4 is 17.9 Å². The highest BCUT2D eigenvalue weighted by Gasteiger charge is 2.31. The van der Waals surface area contributed by atoms with Crippen LogP contribution in [0.15, 0.2) is 36.5 Å². The van der Waals surface area contributed by atoms with Crippen LogP contribution in [0.5, 0.6) is 0 Å². The monoisotopic (exact) mass is 721 g/mol. The Labute approximate surface area is 313 Å². The van der Waals surface area contributed by atoms with E-state index < -0.39 is 18.1 Å². The lowest BCUT2D eigenvalue weighted by atomic mass is 10.1. The fraction of sp³-hybridized carbons (Fsp3) is 0.791. The Bertz CT molecular complexity index is 937. The molecule has 51 heavy (non-hydrogen) atoms. The number of nitrogens with zero attached hydrogens (tertiary/aromatic N) is 1. The predicted octanol–water partition coefficient (Wildman–Crippen LogP) is 10.7. The van der Waals surface area contributed by atoms with Gasteiger partial charge in [-0.15, -0.1) is 0 Å². The van der Waals surface area contributed by atoms with Crippen LogP contribution in [-0.2, 0) is 28.6 Å². The predicted molar refractivity (Wildman–Crippen MR) is 211 cm³/mol. The summed E-state index contributed by atoms with van der Waals surface area (Å²) in [7, 11) is 5.51. The maximum Gasteiger partial charge on any atom is 0.362 e. The first-order valence-corrected chi connectivity index (χ1v) is 20.5. The molecule has 8 heteroatoms. The molecule has 0 saturated heterocycles. The Balaban J connectivity index is 4.29. The number of carbonyl (C=O) groups excluding carboxylic acids is 2. The zero-order chi connectivity index (χ0) is 37.8. The van der Waals surface area contributed by atoms with Crippen molar-refractivity contribution in [3.05, 3.63) is 36.5 Å². The van der Waals surface area contributed by atoms with Gasteiger partial charge in [-0.2, -0.15) is 0 Å². The van der Waals surface area contributed by atoms with Crippen LogP contribution in [0.25, 0.3) is 0 Å². The summed E-state index contributed by atoms with van der Waals surface area (Å²) in [5.74, 6) is -1.48. The van der Waals surface area contributed by atoms with Gasteiger partial charge in [0.15, 0.2) is 12.1 Å². The van der Waals surface area contributed by atoms with Crippen molar-refractivity contribution in [2.45, 2.75) is 180 Å². The molecule has 296 valence electrons. The van der Waals surface area contributed by atoms with E-state index in [1.807, 2.05) is 21.1 Å². The van der Waals surface area contributed by atoms with Gasteiger partial charge in [-0.05, 0) is 44.9 Å². The van der Waals surface area contributed by atoms with Crippen LogP contribution < -0.4 is 0 Å². The van der Waals surface area contributed by atoms with Crippen LogP contribution in [0.1, 0.15) is 168 Å². The number of carbonyl (C=O) groups is 3. The second-order valence-electron chi connectivity index (χ2n) is 14.9. The summed E-state index contributed by atoms with van der Waals surface area (Å²) in [5.41, 5.74) is 0. The largest absolute Gasteiger partial charge is 0.477 e. The molecule has 0 aliphatic rings. The van der Waals surface area contributed by atoms with E-state index in [0.29, 0.717) is 19.3 Å². The van der Waals surface area contributed by atoms with E-state index in [0.717, 1.165) is 64.2 Å². The van der Waals surface area contributed by atoms with E-state index >= 15 is 0 Å². The molecule has 1 N–H and O–H groups in total. The molecule has 0 fully saturated rings. The van der Waals surface area contributed by atoms with Gasteiger partial charge in [-0.3, -0.25) is 9.59 Å². The highest BCUT2D eigenvalue weighted by Crippen LogP contribution is 2.14. The Hall–Kier alpha value is -2.45. The number of rotatable bonds is 36. The summed E-state index contributed by atoms with van der Waals surface area (Å²) in [4.78, 5) is 36.8. The summed E-state index contributed by atoms with van der Waals surface area (Å²) < 4.78 is 17.2. The number of carboxylic acid groups (broad SMARTS) is 1. The van der Waals surface area contributed by atoms with E-state index in [9.17, 15) is 19.5 Å². The molecule has 0 heterocycles. The molecular weight excluding hydrogens is 642 g/mol. The van der Waals surface area contributed by atoms with Crippen LogP contribution in [0, 0.1) is 0 Å². The molecular formula is C43H78NO7+. The average molecular weight is 721 g/mol. The molecule has 0 aromatic carbocycles. The van der Waals surface area contributed by atoms with Crippen molar-refractivity contribution in [2.75, 3.05) is 41.0 Å². The summed E-state index contributed by atoms with van der Waals surface area (Å²) in [6.07, 6.45) is 37.6. The second-order valence-corrected chi connectivity index (χ2v) is 14.9. The molecule has 0 saturated carbocycles. The highest BCUT2D eigenvalue weighted by molar-refractivity contribution is 5.72. The molecule has 0 aliphatic heterocycles. The van der Waals surface area contributed by atoms with E-state index in [4.69, 9.17) is 14.2 Å². The van der Waals surface area contributed by atoms with Crippen molar-refractivity contribution in [1.29, 1.82) is 0 Å². The standard InChI is InChI=1S/C43H77NO7/c1-6-8-10-12-14-16-17-18-19-20-21-22-23-24-25-26-28-30-32-34-42(46)51-39(37-49-36-35-40(43(47)48)44(3,4)5)38-50-41(45)33-31-29-27-15-13-11-9-7-2/h8,10,14,16,18-19,39-40H,6-7,9,11-13,15,17,20-38H2,1-5H3/p+1/b10-8+,16-14+,19-18+. The Morgan fingerprint density at radius 3 is 1.63 bits per heavy atom. The molecule has 0 aliphatic carbocycles. The number of carboxylic acids is 1. The maximum atomic E-state index is 12.7. The van der Waals surface area contributed by atoms with Gasteiger partial charge in [0.05, 0.1) is 34.4 Å². The first-order chi connectivity index (χ1) is 24.6. The van der Waals surface area contributed by atoms with Crippen molar-refractivity contribution in [3.63, 3.8) is 0 Å². The molecule has 0 rings (SSSR count). The zero-order valence-corrected chi connectivity index (χ0v) is 33.6. The molecule has 0 aromatic rings. The number of allylic oxidation sites excluding steroid dienone is 6. The van der Waals surface area contributed by atoms with Crippen molar-refractivity contribution in [3.8, 4) is 0 Å². The summed E-state index contributed by atoms with van der Waals surface area (Å²) in [6.45, 7) is 4.59. The minimum absolute atomic E-state index is 0.0515. The maximum absolute atomic E-state index is 12.7. The van der Waals surface area contributed by atoms with Gasteiger partial charge in [-0.25, -0.2) is 4.79 Å². The number of ether oxygens (including phenoxy) is 3. The van der Waals surface area contributed by atoms with Crippen LogP contribution in [0.2, 0.25) is 0 Å². The SMILES string of the molecule is CC/C=C/C/C=C/C/C=C/CCCCCCCCCCCC(=O)OC(COCCC(C(=O)O)[N+](C)(C)C)COC(=O)CCCCCCCCCC. The third-order valence-electron chi connectivity index (χ3n) is 9.05. The van der Waals surface area contributed by atoms with Crippen LogP contribution in [0.4, 0.5) is 0 Å². The third-order valence-corrected chi connectivity index (χ3v) is 9.05. The molecule has 0 radical (unpaired) electrons. The van der Waals surface area contributed by atoms with Gasteiger partial charge >= 0.3 is 17.9 Å². The summed E-state index contributed by atoms with van der Waals surface area (Å²) in [6, 6.07) is -0.612. The molecule has 0 spiro atoms. The third kappa shape index (κ3) is 33.2. The fourth-order valence-corrected chi connectivity index (χ4v) is 5.87. The number of unbranched alkanes of at least 4 members (excludes halogenated alkanes) is 16. The van der Waals surface area contributed by atoms with Crippen molar-refractivity contribution in [1.82, 2.24) is 0 Å². The smallest absolute Gasteiger partial charge is 0.362 e. The fourth-order valence-electron chi connectivity index (χ4n) is 5.87. The van der Waals surface area contributed by atoms with Crippen LogP contribution in [0.3, 0.4) is 0 Å². The van der Waals surface area contributed by atoms with Gasteiger partial charge in [-0.1, -0.05) is 140 Å². The average Bonchev–Trinajstić information content (AvgIpc) is 3.08. The van der Waals surface area contributed by atoms with Crippen molar-refractivity contribution < 1.29 is 38.2 Å². The van der Waals surface area contributed by atoms with E-state index in [1.54, 1.807) is 0 Å². The topological polar surface area (TPSA) is 99.1 Å². The quantitative estimate of drug-likeness (QED) is 0.0298. The molecule has 8 nitrogen and oxygen atoms in total. The van der Waals surface area contributed by atoms with E-state index in [-0.39, 0.29) is 36.2 Å². The highest BCUT2D eigenvalue weighted by atomic mass is 16.6. The van der Waals surface area contributed by atoms with E-state index in [1.165, 1.54) is 70.6 Å². The molecule has 0 aromatic heterocycles. The van der Waals surface area contributed by atoms with Gasteiger partial charge in [0.2, 0.25) is 0 Å². The minimum atomic E-state index is -0.877. The number of hydrogen-bond donors (Lipinski definition) is 1. The summed E-state index contributed by atoms with van der Waals surface area (Å²) >= 11 is 0. The number of aliphatic carboxylic acids is 1. The Morgan fingerprint density at radius 1 is 0.608 bits per heavy atom. The summed E-state index contributed by atoms with van der Waals surface area (Å²) in [5, 5.41) is 9.58. The second kappa shape index (κ2) is 34.6. The lowest BCUT2D eigenvalue weighted by molar-refractivity contribution is -0.887. The van der Waals surface area contributed by atoms with Crippen molar-refractivity contribution in [2.24, 2.45) is 0 Å². The van der Waals surface area contributed by atoms with Gasteiger partial charge in [0.1, 0.15) is 6.61 Å². The number of esters is 2. The van der Waals surface area contributed by atoms with Gasteiger partial charge < -0.3 is 23.8 Å². The van der Waals surface area contributed by atoms with E-state index in [2.05, 4.69) is 50.3 Å². The van der Waals surface area contributed by atoms with Gasteiger partial charge in [0, 0.05) is 19.3 Å². The van der Waals surface area contributed by atoms with Gasteiger partial charge in [0.25, 0.3) is 0 Å². The molecule has 2 atom stereocenters. The molecule has 0 amide bonds. The van der Waals surface area contributed by atoms with Crippen LogP contribution >= 0.6 is 0 Å². The lowest BCUT2D eigenvalue weighted by Gasteiger charge is -2.31. The first kappa shape index (κ1) is 48.5. The molecule has 2 unspecified atom stereocenters. The zero-order valence-electron chi connectivity index (χ0n) is 33.6. The number of likely N-dealkylation sites (N-methyl/N-ethyl adjacent to an activating group) is 1. The number of quaternary nitrogens is 1. The Kier molecular flexibility index (Phi) is 33.0. The van der Waals surface area contributed by atoms with Crippen LogP contribution in [-0.4, -0.2) is 80.6 Å². The first-order valence-electron chi connectivity index (χ1n) is 20.5. The lowest BCUT2D eigenvalue weighted by Crippen LogP contribution is -2.50.